The monoisotopic (exact) mass is 670 g/mol. The van der Waals surface area contributed by atoms with Crippen molar-refractivity contribution in [2.45, 2.75) is 25.5 Å². The zero-order chi connectivity index (χ0) is 23.6. The molecule has 0 unspecified atom stereocenters. The molecule has 0 spiro atoms. The van der Waals surface area contributed by atoms with E-state index < -0.39 is 12.1 Å². The molecule has 0 saturated heterocycles. The van der Waals surface area contributed by atoms with Crippen molar-refractivity contribution in [3.05, 3.63) is 96.6 Å². The van der Waals surface area contributed by atoms with Gasteiger partial charge in [-0.3, -0.25) is 4.79 Å². The molecule has 0 radical (unpaired) electrons. The average Bonchev–Trinajstić information content (AvgIpc) is 2.82. The minimum Gasteiger partial charge on any atom is -0.506 e. The van der Waals surface area contributed by atoms with Crippen molar-refractivity contribution in [2.24, 2.45) is 0 Å². The van der Waals surface area contributed by atoms with Crippen LogP contribution < -0.4 is 10.6 Å². The summed E-state index contributed by atoms with van der Waals surface area (Å²) in [5, 5.41) is 15.6. The predicted octanol–water partition coefficient (Wildman–Crippen LogP) is 4.80. The van der Waals surface area contributed by atoms with Gasteiger partial charge in [0.15, 0.2) is 0 Å². The fraction of sp³-hybridized carbons (Fsp3) is 0.200. The topological polar surface area (TPSA) is 87.7 Å². The molecule has 3 rings (SSSR count). The summed E-state index contributed by atoms with van der Waals surface area (Å²) in [5.74, 6) is -0.0836. The number of alkyl carbamates (subject to hydrolysis) is 1. The molecule has 1 atom stereocenters. The number of carbonyl (C=O) groups is 2. The Hall–Kier alpha value is -2.34. The van der Waals surface area contributed by atoms with Crippen LogP contribution >= 0.6 is 45.2 Å². The maximum atomic E-state index is 12.9. The largest absolute Gasteiger partial charge is 0.506 e. The van der Waals surface area contributed by atoms with Crippen LogP contribution in [0.2, 0.25) is 0 Å². The highest BCUT2D eigenvalue weighted by molar-refractivity contribution is 14.1. The number of benzene rings is 3. The molecule has 3 aromatic carbocycles. The molecule has 0 saturated carbocycles. The molecule has 0 aliphatic heterocycles. The lowest BCUT2D eigenvalue weighted by molar-refractivity contribution is -0.123. The quantitative estimate of drug-likeness (QED) is 0.286. The van der Waals surface area contributed by atoms with E-state index in [2.05, 4.69) is 10.6 Å². The summed E-state index contributed by atoms with van der Waals surface area (Å²) in [6.07, 6.45) is 0.293. The number of rotatable bonds is 9. The van der Waals surface area contributed by atoms with E-state index in [0.29, 0.717) is 20.1 Å². The maximum absolute atomic E-state index is 12.9. The Morgan fingerprint density at radius 2 is 1.45 bits per heavy atom. The Bertz CT molecular complexity index is 1060. The molecule has 0 heterocycles. The summed E-state index contributed by atoms with van der Waals surface area (Å²) in [6, 6.07) is 22.0. The van der Waals surface area contributed by atoms with E-state index in [1.54, 1.807) is 12.1 Å². The summed E-state index contributed by atoms with van der Waals surface area (Å²) in [6.45, 7) is 0.564. The van der Waals surface area contributed by atoms with Crippen molar-refractivity contribution in [3.63, 3.8) is 0 Å². The average molecular weight is 670 g/mol. The van der Waals surface area contributed by atoms with Crippen molar-refractivity contribution in [1.29, 1.82) is 0 Å². The van der Waals surface area contributed by atoms with Gasteiger partial charge in [0.2, 0.25) is 5.91 Å². The zero-order valence-electron chi connectivity index (χ0n) is 17.8. The van der Waals surface area contributed by atoms with E-state index in [1.165, 1.54) is 0 Å². The molecule has 2 amide bonds. The molecular formula is C25H24I2N2O4. The minimum absolute atomic E-state index is 0.115. The number of phenols is 1. The van der Waals surface area contributed by atoms with Crippen molar-refractivity contribution in [3.8, 4) is 5.75 Å². The number of amides is 2. The van der Waals surface area contributed by atoms with Crippen molar-refractivity contribution in [2.75, 3.05) is 6.54 Å². The minimum atomic E-state index is -0.819. The van der Waals surface area contributed by atoms with E-state index in [-0.39, 0.29) is 24.7 Å². The number of aromatic hydroxyl groups is 1. The van der Waals surface area contributed by atoms with Crippen LogP contribution in [0.4, 0.5) is 4.79 Å². The van der Waals surface area contributed by atoms with Gasteiger partial charge in [-0.2, -0.15) is 0 Å². The second kappa shape index (κ2) is 12.8. The van der Waals surface area contributed by atoms with Gasteiger partial charge in [-0.05, 0) is 80.4 Å². The summed E-state index contributed by atoms with van der Waals surface area (Å²) in [7, 11) is 0. The van der Waals surface area contributed by atoms with Gasteiger partial charge in [0.25, 0.3) is 0 Å². The van der Waals surface area contributed by atoms with Gasteiger partial charge in [0.1, 0.15) is 18.4 Å². The van der Waals surface area contributed by atoms with E-state index in [0.717, 1.165) is 16.7 Å². The third kappa shape index (κ3) is 8.18. The normalized spacial score (nSPS) is 11.5. The standard InChI is InChI=1S/C25H24I2N2O4/c26-20-13-19(14-21(27)23(20)30)15-22(24(31)28-12-11-17-7-3-1-4-8-17)29-25(32)33-16-18-9-5-2-6-10-18/h1-10,13-14,22,30H,11-12,15-16H2,(H,28,31)(H,29,32)/t22-/m0/s1. The molecular weight excluding hydrogens is 646 g/mol. The van der Waals surface area contributed by atoms with Gasteiger partial charge in [0, 0.05) is 13.0 Å². The summed E-state index contributed by atoms with van der Waals surface area (Å²) in [5.41, 5.74) is 2.81. The molecule has 6 nitrogen and oxygen atoms in total. The molecule has 0 fully saturated rings. The molecule has 172 valence electrons. The number of carbonyl (C=O) groups excluding carboxylic acids is 2. The Labute approximate surface area is 220 Å². The van der Waals surface area contributed by atoms with E-state index in [9.17, 15) is 14.7 Å². The van der Waals surface area contributed by atoms with Crippen molar-refractivity contribution < 1.29 is 19.4 Å². The Kier molecular flexibility index (Phi) is 9.79. The van der Waals surface area contributed by atoms with Gasteiger partial charge < -0.3 is 20.5 Å². The Balaban J connectivity index is 1.65. The lowest BCUT2D eigenvalue weighted by Gasteiger charge is -2.19. The lowest BCUT2D eigenvalue weighted by atomic mass is 10.0. The van der Waals surface area contributed by atoms with Crippen LogP contribution in [0.15, 0.2) is 72.8 Å². The predicted molar refractivity (Wildman–Crippen MR) is 144 cm³/mol. The zero-order valence-corrected chi connectivity index (χ0v) is 22.1. The molecule has 33 heavy (non-hydrogen) atoms. The first kappa shape index (κ1) is 25.3. The molecule has 3 aromatic rings. The summed E-state index contributed by atoms with van der Waals surface area (Å²) >= 11 is 4.09. The first-order chi connectivity index (χ1) is 15.9. The Morgan fingerprint density at radius 1 is 0.879 bits per heavy atom. The van der Waals surface area contributed by atoms with Crippen LogP contribution in [0, 0.1) is 7.14 Å². The number of phenolic OH excluding ortho intramolecular Hbond substituents is 1. The van der Waals surface area contributed by atoms with E-state index >= 15 is 0 Å². The van der Waals surface area contributed by atoms with Gasteiger partial charge >= 0.3 is 6.09 Å². The molecule has 3 N–H and O–H groups in total. The van der Waals surface area contributed by atoms with E-state index in [4.69, 9.17) is 4.74 Å². The van der Waals surface area contributed by atoms with Crippen LogP contribution in [0.25, 0.3) is 0 Å². The van der Waals surface area contributed by atoms with E-state index in [1.807, 2.05) is 106 Å². The van der Waals surface area contributed by atoms with Crippen LogP contribution in [0.3, 0.4) is 0 Å². The highest BCUT2D eigenvalue weighted by Crippen LogP contribution is 2.27. The van der Waals surface area contributed by atoms with Gasteiger partial charge in [-0.15, -0.1) is 0 Å². The van der Waals surface area contributed by atoms with Gasteiger partial charge in [-0.25, -0.2) is 4.79 Å². The van der Waals surface area contributed by atoms with Gasteiger partial charge in [0.05, 0.1) is 7.14 Å². The Morgan fingerprint density at radius 3 is 2.06 bits per heavy atom. The lowest BCUT2D eigenvalue weighted by Crippen LogP contribution is -2.48. The molecule has 8 heteroatoms. The third-order valence-corrected chi connectivity index (χ3v) is 6.54. The number of halogens is 2. The fourth-order valence-corrected chi connectivity index (χ4v) is 5.08. The maximum Gasteiger partial charge on any atom is 0.408 e. The first-order valence-electron chi connectivity index (χ1n) is 10.4. The third-order valence-electron chi connectivity index (χ3n) is 4.89. The molecule has 0 aromatic heterocycles. The number of nitrogens with one attached hydrogen (secondary N) is 2. The molecule has 0 aliphatic rings. The molecule has 0 aliphatic carbocycles. The smallest absolute Gasteiger partial charge is 0.408 e. The fourth-order valence-electron chi connectivity index (χ4n) is 3.19. The van der Waals surface area contributed by atoms with Crippen LogP contribution in [-0.2, 0) is 29.0 Å². The van der Waals surface area contributed by atoms with Crippen molar-refractivity contribution in [1.82, 2.24) is 10.6 Å². The summed E-state index contributed by atoms with van der Waals surface area (Å²) in [4.78, 5) is 25.4. The number of hydrogen-bond acceptors (Lipinski definition) is 4. The van der Waals surface area contributed by atoms with Crippen LogP contribution in [0.5, 0.6) is 5.75 Å². The number of ether oxygens (including phenoxy) is 1. The van der Waals surface area contributed by atoms with Crippen LogP contribution in [-0.4, -0.2) is 29.7 Å². The highest BCUT2D eigenvalue weighted by atomic mass is 127. The first-order valence-corrected chi connectivity index (χ1v) is 12.5. The van der Waals surface area contributed by atoms with Crippen LogP contribution in [0.1, 0.15) is 16.7 Å². The molecule has 0 bridgehead atoms. The number of hydrogen-bond donors (Lipinski definition) is 3. The highest BCUT2D eigenvalue weighted by Gasteiger charge is 2.23. The second-order valence-electron chi connectivity index (χ2n) is 7.40. The van der Waals surface area contributed by atoms with Crippen molar-refractivity contribution >= 4 is 57.2 Å². The summed E-state index contributed by atoms with van der Waals surface area (Å²) < 4.78 is 6.68. The second-order valence-corrected chi connectivity index (χ2v) is 9.72. The SMILES string of the molecule is O=C(N[C@@H](Cc1cc(I)c(O)c(I)c1)C(=O)NCCc1ccccc1)OCc1ccccc1. The van der Waals surface area contributed by atoms with Gasteiger partial charge in [-0.1, -0.05) is 60.7 Å².